The van der Waals surface area contributed by atoms with E-state index in [1.165, 1.54) is 19.3 Å². The summed E-state index contributed by atoms with van der Waals surface area (Å²) in [5.74, 6) is 2.01. The maximum absolute atomic E-state index is 12.6. The van der Waals surface area contributed by atoms with Gasteiger partial charge in [-0.05, 0) is 49.1 Å². The summed E-state index contributed by atoms with van der Waals surface area (Å²) in [6.07, 6.45) is 6.08. The van der Waals surface area contributed by atoms with Crippen LogP contribution < -0.4 is 15.8 Å². The summed E-state index contributed by atoms with van der Waals surface area (Å²) in [5, 5.41) is 3.30. The normalized spacial score (nSPS) is 36.3. The van der Waals surface area contributed by atoms with Crippen molar-refractivity contribution in [2.45, 2.75) is 56.7 Å². The van der Waals surface area contributed by atoms with Crippen molar-refractivity contribution in [3.05, 3.63) is 29.8 Å². The van der Waals surface area contributed by atoms with Crippen LogP contribution in [0.15, 0.2) is 24.3 Å². The minimum atomic E-state index is -0.367. The Morgan fingerprint density at radius 1 is 1.18 bits per heavy atom. The number of rotatable bonds is 2. The highest BCUT2D eigenvalue weighted by Gasteiger charge is 2.41. The lowest BCUT2D eigenvalue weighted by atomic mass is 9.67. The number of fused-ring (bicyclic) bond motifs is 3. The standard InChI is InChI=1S/C18H24N2O2/c19-14-8-12-5-3-6-13(9-14)17(12)20-18(21)16-10-11-4-1-2-7-15(11)22-16/h1-2,4,7,12-14,16-17H,3,5-6,8-10,19H2,(H,20,21). The van der Waals surface area contributed by atoms with Crippen LogP contribution in [0.3, 0.4) is 0 Å². The molecule has 3 unspecified atom stereocenters. The largest absolute Gasteiger partial charge is 0.480 e. The van der Waals surface area contributed by atoms with Gasteiger partial charge in [0.05, 0.1) is 0 Å². The second-order valence-corrected chi connectivity index (χ2v) is 7.14. The molecule has 1 aromatic carbocycles. The first kappa shape index (κ1) is 14.1. The second-order valence-electron chi connectivity index (χ2n) is 7.14. The zero-order valence-electron chi connectivity index (χ0n) is 12.8. The number of hydrogen-bond donors (Lipinski definition) is 2. The fourth-order valence-electron chi connectivity index (χ4n) is 4.61. The summed E-state index contributed by atoms with van der Waals surface area (Å²) < 4.78 is 5.82. The van der Waals surface area contributed by atoms with Crippen LogP contribution in [0.1, 0.15) is 37.7 Å². The lowest BCUT2D eigenvalue weighted by molar-refractivity contribution is -0.129. The van der Waals surface area contributed by atoms with Gasteiger partial charge in [0, 0.05) is 18.5 Å². The fraction of sp³-hybridized carbons (Fsp3) is 0.611. The number of hydrogen-bond acceptors (Lipinski definition) is 3. The molecule has 0 radical (unpaired) electrons. The van der Waals surface area contributed by atoms with Gasteiger partial charge in [0.1, 0.15) is 5.75 Å². The van der Waals surface area contributed by atoms with Crippen LogP contribution >= 0.6 is 0 Å². The molecule has 3 aliphatic rings. The molecule has 1 heterocycles. The maximum Gasteiger partial charge on any atom is 0.261 e. The van der Waals surface area contributed by atoms with Gasteiger partial charge < -0.3 is 15.8 Å². The molecule has 0 spiro atoms. The monoisotopic (exact) mass is 300 g/mol. The Kier molecular flexibility index (Phi) is 3.57. The van der Waals surface area contributed by atoms with Gasteiger partial charge in [0.25, 0.3) is 5.91 Å². The van der Waals surface area contributed by atoms with Crippen molar-refractivity contribution < 1.29 is 9.53 Å². The van der Waals surface area contributed by atoms with Gasteiger partial charge in [-0.2, -0.15) is 0 Å². The van der Waals surface area contributed by atoms with Gasteiger partial charge in [-0.15, -0.1) is 0 Å². The van der Waals surface area contributed by atoms with E-state index in [1.54, 1.807) is 0 Å². The Hall–Kier alpha value is -1.55. The molecule has 2 fully saturated rings. The van der Waals surface area contributed by atoms with Crippen LogP contribution in [0, 0.1) is 11.8 Å². The molecule has 4 heteroatoms. The Morgan fingerprint density at radius 3 is 2.64 bits per heavy atom. The molecular formula is C18H24N2O2. The third-order valence-electron chi connectivity index (χ3n) is 5.63. The fourth-order valence-corrected chi connectivity index (χ4v) is 4.61. The smallest absolute Gasteiger partial charge is 0.261 e. The van der Waals surface area contributed by atoms with E-state index >= 15 is 0 Å². The summed E-state index contributed by atoms with van der Waals surface area (Å²) in [7, 11) is 0. The zero-order chi connectivity index (χ0) is 15.1. The summed E-state index contributed by atoms with van der Waals surface area (Å²) >= 11 is 0. The summed E-state index contributed by atoms with van der Waals surface area (Å²) in [5.41, 5.74) is 7.29. The van der Waals surface area contributed by atoms with Crippen LogP contribution in [-0.2, 0) is 11.2 Å². The third-order valence-corrected chi connectivity index (χ3v) is 5.63. The molecule has 2 saturated carbocycles. The van der Waals surface area contributed by atoms with Crippen LogP contribution in [0.2, 0.25) is 0 Å². The molecule has 3 atom stereocenters. The molecule has 22 heavy (non-hydrogen) atoms. The summed E-state index contributed by atoms with van der Waals surface area (Å²) in [6.45, 7) is 0. The molecule has 1 amide bonds. The molecule has 0 aromatic heterocycles. The highest BCUT2D eigenvalue weighted by molar-refractivity contribution is 5.82. The molecule has 4 nitrogen and oxygen atoms in total. The van der Waals surface area contributed by atoms with E-state index in [-0.39, 0.29) is 12.0 Å². The van der Waals surface area contributed by atoms with Gasteiger partial charge in [-0.1, -0.05) is 24.6 Å². The number of para-hydroxylation sites is 1. The molecule has 3 N–H and O–H groups in total. The highest BCUT2D eigenvalue weighted by Crippen LogP contribution is 2.40. The Balaban J connectivity index is 1.43. The summed E-state index contributed by atoms with van der Waals surface area (Å²) in [4.78, 5) is 12.6. The van der Waals surface area contributed by atoms with E-state index in [2.05, 4.69) is 5.32 Å². The van der Waals surface area contributed by atoms with Crippen LogP contribution in [-0.4, -0.2) is 24.1 Å². The predicted molar refractivity (Wildman–Crippen MR) is 84.5 cm³/mol. The van der Waals surface area contributed by atoms with Crippen molar-refractivity contribution >= 4 is 5.91 Å². The number of carbonyl (C=O) groups excluding carboxylic acids is 1. The van der Waals surface area contributed by atoms with Gasteiger partial charge in [-0.25, -0.2) is 0 Å². The van der Waals surface area contributed by atoms with Crippen molar-refractivity contribution in [1.29, 1.82) is 0 Å². The van der Waals surface area contributed by atoms with Gasteiger partial charge in [0.15, 0.2) is 6.10 Å². The van der Waals surface area contributed by atoms with Gasteiger partial charge in [-0.3, -0.25) is 4.79 Å². The molecular weight excluding hydrogens is 276 g/mol. The van der Waals surface area contributed by atoms with Gasteiger partial charge in [0.2, 0.25) is 0 Å². The number of nitrogens with one attached hydrogen (secondary N) is 1. The van der Waals surface area contributed by atoms with E-state index in [9.17, 15) is 4.79 Å². The Morgan fingerprint density at radius 2 is 1.91 bits per heavy atom. The van der Waals surface area contributed by atoms with E-state index in [1.807, 2.05) is 24.3 Å². The Labute approximate surface area is 131 Å². The first-order valence-corrected chi connectivity index (χ1v) is 8.51. The quantitative estimate of drug-likeness (QED) is 0.878. The Bertz CT molecular complexity index is 535. The van der Waals surface area contributed by atoms with Crippen LogP contribution in [0.5, 0.6) is 5.75 Å². The van der Waals surface area contributed by atoms with E-state index in [0.717, 1.165) is 24.2 Å². The van der Waals surface area contributed by atoms with Crippen molar-refractivity contribution in [3.8, 4) is 5.75 Å². The number of amides is 1. The summed E-state index contributed by atoms with van der Waals surface area (Å²) in [6, 6.07) is 8.54. The predicted octanol–water partition coefficient (Wildman–Crippen LogP) is 2.01. The number of nitrogens with two attached hydrogens (primary N) is 1. The van der Waals surface area contributed by atoms with Crippen LogP contribution in [0.4, 0.5) is 0 Å². The molecule has 0 saturated heterocycles. The minimum Gasteiger partial charge on any atom is -0.480 e. The second kappa shape index (κ2) is 5.58. The van der Waals surface area contributed by atoms with Gasteiger partial charge >= 0.3 is 0 Å². The number of benzene rings is 1. The average Bonchev–Trinajstić information content (AvgIpc) is 2.92. The van der Waals surface area contributed by atoms with Crippen molar-refractivity contribution in [3.63, 3.8) is 0 Å². The van der Waals surface area contributed by atoms with E-state index < -0.39 is 0 Å². The maximum atomic E-state index is 12.6. The van der Waals surface area contributed by atoms with E-state index in [0.29, 0.717) is 30.3 Å². The van der Waals surface area contributed by atoms with Crippen molar-refractivity contribution in [2.75, 3.05) is 0 Å². The number of carbonyl (C=O) groups is 1. The van der Waals surface area contributed by atoms with E-state index in [4.69, 9.17) is 10.5 Å². The molecule has 118 valence electrons. The lowest BCUT2D eigenvalue weighted by Gasteiger charge is -2.45. The first-order chi connectivity index (χ1) is 10.7. The molecule has 2 aliphatic carbocycles. The highest BCUT2D eigenvalue weighted by atomic mass is 16.5. The van der Waals surface area contributed by atoms with Crippen LogP contribution in [0.25, 0.3) is 0 Å². The molecule has 1 aromatic rings. The number of ether oxygens (including phenoxy) is 1. The lowest BCUT2D eigenvalue weighted by Crippen LogP contribution is -2.55. The molecule has 1 aliphatic heterocycles. The zero-order valence-corrected chi connectivity index (χ0v) is 12.8. The SMILES string of the molecule is NC1CC2CCCC(C1)C2NC(=O)C1Cc2ccccc2O1. The molecule has 2 bridgehead atoms. The van der Waals surface area contributed by atoms with Crippen molar-refractivity contribution in [1.82, 2.24) is 5.32 Å². The average molecular weight is 300 g/mol. The topological polar surface area (TPSA) is 64.3 Å². The minimum absolute atomic E-state index is 0.0496. The first-order valence-electron chi connectivity index (χ1n) is 8.51. The third kappa shape index (κ3) is 2.50. The van der Waals surface area contributed by atoms with Crippen molar-refractivity contribution in [2.24, 2.45) is 17.6 Å². The molecule has 4 rings (SSSR count).